The molecule has 0 aromatic carbocycles. The van der Waals surface area contributed by atoms with Gasteiger partial charge in [0.2, 0.25) is 0 Å². The van der Waals surface area contributed by atoms with E-state index in [-0.39, 0.29) is 0 Å². The molecule has 3 N–H and O–H groups in total. The van der Waals surface area contributed by atoms with E-state index in [1.54, 1.807) is 0 Å². The van der Waals surface area contributed by atoms with Crippen LogP contribution in [0.2, 0.25) is 0 Å². The van der Waals surface area contributed by atoms with Crippen LogP contribution in [0.15, 0.2) is 37.2 Å². The van der Waals surface area contributed by atoms with Crippen LogP contribution in [0.25, 0.3) is 0 Å². The molecule has 3 aromatic heterocycles. The molecule has 0 amide bonds. The summed E-state index contributed by atoms with van der Waals surface area (Å²) in [7, 11) is 3.88. The molecular weight excluding hydrogens is 337 g/mol. The predicted octanol–water partition coefficient (Wildman–Crippen LogP) is -0.962. The fourth-order valence-electron chi connectivity index (χ4n) is 2.41. The molecule has 3 aromatic rings. The normalized spacial score (nSPS) is 10.7. The number of imidazole rings is 3. The van der Waals surface area contributed by atoms with Gasteiger partial charge in [-0.25, -0.2) is 15.0 Å². The van der Waals surface area contributed by atoms with E-state index < -0.39 is 7.32 Å². The minimum absolute atomic E-state index is 0.753. The first-order valence-electron chi connectivity index (χ1n) is 8.02. The quantitative estimate of drug-likeness (QED) is 0.484. The van der Waals surface area contributed by atoms with Gasteiger partial charge in [-0.3, -0.25) is 4.90 Å². The van der Waals surface area contributed by atoms with E-state index in [0.29, 0.717) is 0 Å². The van der Waals surface area contributed by atoms with Gasteiger partial charge in [0.05, 0.1) is 19.6 Å². The molecule has 0 saturated carbocycles. The minimum atomic E-state index is -2.17. The predicted molar refractivity (Wildman–Crippen MR) is 95.0 cm³/mol. The van der Waals surface area contributed by atoms with Gasteiger partial charge in [0, 0.05) is 58.3 Å². The molecule has 0 aliphatic carbocycles. The van der Waals surface area contributed by atoms with Crippen LogP contribution in [0.3, 0.4) is 0 Å². The van der Waals surface area contributed by atoms with Crippen molar-refractivity contribution in [3.63, 3.8) is 0 Å². The zero-order chi connectivity index (χ0) is 19.1. The van der Waals surface area contributed by atoms with Gasteiger partial charge < -0.3 is 28.8 Å². The number of aromatic nitrogens is 6. The van der Waals surface area contributed by atoms with Crippen molar-refractivity contribution < 1.29 is 15.1 Å². The van der Waals surface area contributed by atoms with E-state index in [1.807, 2.05) is 72.0 Å². The highest BCUT2D eigenvalue weighted by molar-refractivity contribution is 6.30. The minimum Gasteiger partial charge on any atom is -0.402 e. The number of nitrogens with zero attached hydrogens (tertiary/aromatic N) is 7. The molecule has 10 nitrogen and oxygen atoms in total. The average Bonchev–Trinajstić information content (AvgIpc) is 3.25. The lowest BCUT2D eigenvalue weighted by atomic mass is 10.3. The van der Waals surface area contributed by atoms with Gasteiger partial charge in [-0.05, 0) is 0 Å². The molecule has 3 heterocycles. The maximum absolute atomic E-state index is 7.17. The van der Waals surface area contributed by atoms with E-state index in [4.69, 9.17) is 15.1 Å². The maximum Gasteiger partial charge on any atom is 0.631 e. The Labute approximate surface area is 152 Å². The number of hydrogen-bond donors (Lipinski definition) is 3. The molecule has 0 aliphatic heterocycles. The van der Waals surface area contributed by atoms with E-state index in [2.05, 4.69) is 19.9 Å². The van der Waals surface area contributed by atoms with Crippen molar-refractivity contribution >= 4 is 7.32 Å². The molecule has 0 fully saturated rings. The number of aryl methyl sites for hydroxylation is 3. The van der Waals surface area contributed by atoms with Crippen molar-refractivity contribution in [2.24, 2.45) is 21.1 Å². The molecule has 0 spiro atoms. The Morgan fingerprint density at radius 2 is 1.00 bits per heavy atom. The molecule has 0 atom stereocenters. The molecule has 0 bridgehead atoms. The summed E-state index contributed by atoms with van der Waals surface area (Å²) < 4.78 is 6.14. The summed E-state index contributed by atoms with van der Waals surface area (Å²) in [6.45, 7) is 2.26. The van der Waals surface area contributed by atoms with Gasteiger partial charge in [0.15, 0.2) is 0 Å². The Bertz CT molecular complexity index is 695. The summed E-state index contributed by atoms with van der Waals surface area (Å²) in [6.07, 6.45) is 11.4. The standard InChI is InChI=1S/C15H21N7.BH3O3/c1-19-7-4-16-13(19)10-22(11-14-17-5-8-20(14)2)12-15-18-6-9-21(15)3;2-1(3)4/h4-9H,10-12H2,1-3H3;2-4H. The van der Waals surface area contributed by atoms with Crippen molar-refractivity contribution in [2.45, 2.75) is 19.6 Å². The molecular formula is C15H24BN7O3. The summed E-state index contributed by atoms with van der Waals surface area (Å²) in [5, 5.41) is 21.5. The van der Waals surface area contributed by atoms with Crippen molar-refractivity contribution in [1.82, 2.24) is 33.6 Å². The van der Waals surface area contributed by atoms with Crippen molar-refractivity contribution in [1.29, 1.82) is 0 Å². The Balaban J connectivity index is 0.000000552. The smallest absolute Gasteiger partial charge is 0.402 e. The van der Waals surface area contributed by atoms with E-state index in [0.717, 1.165) is 37.1 Å². The highest BCUT2D eigenvalue weighted by Crippen LogP contribution is 2.11. The lowest BCUT2D eigenvalue weighted by molar-refractivity contribution is 0.222. The fraction of sp³-hybridized carbons (Fsp3) is 0.400. The van der Waals surface area contributed by atoms with Crippen molar-refractivity contribution in [2.75, 3.05) is 0 Å². The largest absolute Gasteiger partial charge is 0.631 e. The Morgan fingerprint density at radius 1 is 0.731 bits per heavy atom. The van der Waals surface area contributed by atoms with Crippen LogP contribution in [0, 0.1) is 0 Å². The van der Waals surface area contributed by atoms with Gasteiger partial charge >= 0.3 is 7.32 Å². The third-order valence-corrected chi connectivity index (χ3v) is 3.86. The monoisotopic (exact) mass is 361 g/mol. The summed E-state index contributed by atoms with van der Waals surface area (Å²) in [5.74, 6) is 3.09. The first-order valence-corrected chi connectivity index (χ1v) is 8.02. The second-order valence-corrected chi connectivity index (χ2v) is 5.85. The van der Waals surface area contributed by atoms with Crippen LogP contribution in [-0.2, 0) is 40.8 Å². The van der Waals surface area contributed by atoms with Gasteiger partial charge in [0.25, 0.3) is 0 Å². The first-order chi connectivity index (χ1) is 12.4. The van der Waals surface area contributed by atoms with Crippen LogP contribution in [0.1, 0.15) is 17.5 Å². The summed E-state index contributed by atoms with van der Waals surface area (Å²) in [5.41, 5.74) is 0. The van der Waals surface area contributed by atoms with Crippen molar-refractivity contribution in [3.8, 4) is 0 Å². The van der Waals surface area contributed by atoms with E-state index >= 15 is 0 Å². The maximum atomic E-state index is 7.17. The Hall–Kier alpha value is -2.47. The second kappa shape index (κ2) is 9.29. The van der Waals surface area contributed by atoms with Crippen molar-refractivity contribution in [3.05, 3.63) is 54.7 Å². The van der Waals surface area contributed by atoms with Crippen LogP contribution in [-0.4, -0.2) is 55.9 Å². The van der Waals surface area contributed by atoms with Gasteiger partial charge in [0.1, 0.15) is 17.5 Å². The lowest BCUT2D eigenvalue weighted by Crippen LogP contribution is -2.26. The van der Waals surface area contributed by atoms with E-state index in [1.165, 1.54) is 0 Å². The SMILES string of the molecule is Cn1ccnc1CN(Cc1nccn1C)Cc1nccn1C.OB(O)O. The highest BCUT2D eigenvalue weighted by Gasteiger charge is 2.15. The van der Waals surface area contributed by atoms with Crippen LogP contribution >= 0.6 is 0 Å². The van der Waals surface area contributed by atoms with Gasteiger partial charge in [-0.2, -0.15) is 0 Å². The van der Waals surface area contributed by atoms with Gasteiger partial charge in [-0.15, -0.1) is 0 Å². The lowest BCUT2D eigenvalue weighted by Gasteiger charge is -2.21. The number of rotatable bonds is 6. The molecule has 0 saturated heterocycles. The Kier molecular flexibility index (Phi) is 7.10. The second-order valence-electron chi connectivity index (χ2n) is 5.85. The average molecular weight is 361 g/mol. The molecule has 0 aliphatic rings. The molecule has 3 rings (SSSR count). The highest BCUT2D eigenvalue weighted by atomic mass is 16.5. The summed E-state index contributed by atoms with van der Waals surface area (Å²) in [6, 6.07) is 0. The van der Waals surface area contributed by atoms with E-state index in [9.17, 15) is 0 Å². The summed E-state index contributed by atoms with van der Waals surface area (Å²) >= 11 is 0. The van der Waals surface area contributed by atoms with Crippen LogP contribution in [0.5, 0.6) is 0 Å². The zero-order valence-corrected chi connectivity index (χ0v) is 15.1. The molecule has 0 unspecified atom stereocenters. The molecule has 0 radical (unpaired) electrons. The molecule has 140 valence electrons. The Morgan fingerprint density at radius 3 is 1.19 bits per heavy atom. The molecule has 11 heteroatoms. The van der Waals surface area contributed by atoms with Crippen LogP contribution in [0.4, 0.5) is 0 Å². The van der Waals surface area contributed by atoms with Gasteiger partial charge in [-0.1, -0.05) is 0 Å². The fourth-order valence-corrected chi connectivity index (χ4v) is 2.41. The first kappa shape index (κ1) is 19.9. The third kappa shape index (κ3) is 5.81. The zero-order valence-electron chi connectivity index (χ0n) is 15.1. The molecule has 26 heavy (non-hydrogen) atoms. The summed E-state index contributed by atoms with van der Waals surface area (Å²) in [4.78, 5) is 15.6. The topological polar surface area (TPSA) is 117 Å². The van der Waals surface area contributed by atoms with Crippen LogP contribution < -0.4 is 0 Å². The number of hydrogen-bond acceptors (Lipinski definition) is 7. The third-order valence-electron chi connectivity index (χ3n) is 3.86.